The fourth-order valence-electron chi connectivity index (χ4n) is 5.57. The highest BCUT2D eigenvalue weighted by Crippen LogP contribution is 2.25. The van der Waals surface area contributed by atoms with Crippen molar-refractivity contribution in [3.05, 3.63) is 181 Å². The second-order valence-corrected chi connectivity index (χ2v) is 11.3. The summed E-state index contributed by atoms with van der Waals surface area (Å²) in [6.07, 6.45) is 7.06. The quantitative estimate of drug-likeness (QED) is 0.180. The van der Waals surface area contributed by atoms with Gasteiger partial charge in [-0.15, -0.1) is 0 Å². The maximum Gasteiger partial charge on any atom is 0.0906 e. The van der Waals surface area contributed by atoms with Crippen LogP contribution < -0.4 is 0 Å². The van der Waals surface area contributed by atoms with Gasteiger partial charge >= 0.3 is 0 Å². The first-order chi connectivity index (χ1) is 24.8. The number of nitrogens with zero attached hydrogens (tertiary/aromatic N) is 6. The van der Waals surface area contributed by atoms with Crippen LogP contribution in [0.25, 0.3) is 56.3 Å². The highest BCUT2D eigenvalue weighted by Gasteiger charge is 2.09. The first-order valence-electron chi connectivity index (χ1n) is 16.0. The molecule has 6 aromatic heterocycles. The van der Waals surface area contributed by atoms with Crippen LogP contribution >= 0.6 is 0 Å². The average molecular weight is 639 g/mol. The van der Waals surface area contributed by atoms with Gasteiger partial charge < -0.3 is 0 Å². The van der Waals surface area contributed by atoms with E-state index < -0.39 is 0 Å². The SMILES string of the molecule is C(#Cc1ccc(C#Cc2cc(-c3ccccn3)nc(-c3ccccn3)c2)c2ccccc12)c1ccnc(-c2cccc(-c3ccccn3)n2)c1. The van der Waals surface area contributed by atoms with E-state index in [1.54, 1.807) is 24.8 Å². The molecule has 0 atom stereocenters. The number of fused-ring (bicyclic) bond motifs is 1. The van der Waals surface area contributed by atoms with Gasteiger partial charge in [-0.05, 0) is 95.7 Å². The molecule has 0 aliphatic carbocycles. The maximum atomic E-state index is 4.86. The zero-order valence-corrected chi connectivity index (χ0v) is 26.7. The third-order valence-corrected chi connectivity index (χ3v) is 7.99. The maximum absolute atomic E-state index is 4.86. The average Bonchev–Trinajstić information content (AvgIpc) is 3.20. The summed E-state index contributed by atoms with van der Waals surface area (Å²) in [7, 11) is 0. The standard InChI is InChI=1S/C44H26N6/c1-2-11-36-34(20-18-32-29-43(38-13-4-7-25-46-38)50-44(30-32)39-14-5-8-26-47-39)22-21-33(35(36)10-1)19-17-31-23-27-48-42(28-31)41-16-9-15-40(49-41)37-12-3-6-24-45-37/h1-16,21-30H. The van der Waals surface area contributed by atoms with Crippen LogP contribution in [0.1, 0.15) is 22.3 Å². The normalized spacial score (nSPS) is 10.5. The largest absolute Gasteiger partial charge is 0.255 e. The van der Waals surface area contributed by atoms with E-state index in [-0.39, 0.29) is 0 Å². The minimum atomic E-state index is 0.740. The molecule has 0 spiro atoms. The molecular weight excluding hydrogens is 613 g/mol. The summed E-state index contributed by atoms with van der Waals surface area (Å²) in [6.45, 7) is 0. The molecule has 0 aliphatic heterocycles. The Bertz CT molecular complexity index is 2540. The van der Waals surface area contributed by atoms with Gasteiger partial charge in [0.05, 0.1) is 45.6 Å². The van der Waals surface area contributed by atoms with Crippen LogP contribution in [0.15, 0.2) is 158 Å². The van der Waals surface area contributed by atoms with Crippen LogP contribution in [0, 0.1) is 23.7 Å². The lowest BCUT2D eigenvalue weighted by molar-refractivity contribution is 1.21. The highest BCUT2D eigenvalue weighted by molar-refractivity contribution is 5.93. The number of rotatable bonds is 4. The van der Waals surface area contributed by atoms with Crippen LogP contribution in [0.2, 0.25) is 0 Å². The Hall–Kier alpha value is -7.28. The summed E-state index contributed by atoms with van der Waals surface area (Å²) < 4.78 is 0. The predicted octanol–water partition coefficient (Wildman–Crippen LogP) is 8.68. The topological polar surface area (TPSA) is 77.3 Å². The van der Waals surface area contributed by atoms with Gasteiger partial charge in [0, 0.05) is 47.0 Å². The highest BCUT2D eigenvalue weighted by atomic mass is 14.8. The van der Waals surface area contributed by atoms with E-state index in [0.29, 0.717) is 0 Å². The van der Waals surface area contributed by atoms with Crippen LogP contribution in [0.5, 0.6) is 0 Å². The van der Waals surface area contributed by atoms with Gasteiger partial charge in [-0.1, -0.05) is 72.2 Å². The van der Waals surface area contributed by atoms with Crippen LogP contribution in [0.3, 0.4) is 0 Å². The van der Waals surface area contributed by atoms with Gasteiger partial charge in [0.15, 0.2) is 0 Å². The van der Waals surface area contributed by atoms with Crippen molar-refractivity contribution >= 4 is 10.8 Å². The first-order valence-corrected chi connectivity index (χ1v) is 16.0. The number of hydrogen-bond donors (Lipinski definition) is 0. The molecule has 0 N–H and O–H groups in total. The van der Waals surface area contributed by atoms with Gasteiger partial charge in [-0.3, -0.25) is 19.9 Å². The van der Waals surface area contributed by atoms with Gasteiger partial charge in [0.1, 0.15) is 0 Å². The number of aromatic nitrogens is 6. The summed E-state index contributed by atoms with van der Waals surface area (Å²) >= 11 is 0. The number of benzene rings is 2. The summed E-state index contributed by atoms with van der Waals surface area (Å²) in [6, 6.07) is 43.3. The Morgan fingerprint density at radius 2 is 0.740 bits per heavy atom. The third-order valence-electron chi connectivity index (χ3n) is 7.99. The minimum Gasteiger partial charge on any atom is -0.255 e. The fraction of sp³-hybridized carbons (Fsp3) is 0. The minimum absolute atomic E-state index is 0.740. The van der Waals surface area contributed by atoms with Gasteiger partial charge in [0.2, 0.25) is 0 Å². The lowest BCUT2D eigenvalue weighted by Gasteiger charge is -2.06. The molecule has 0 radical (unpaired) electrons. The van der Waals surface area contributed by atoms with Crippen molar-refractivity contribution in [3.8, 4) is 69.2 Å². The van der Waals surface area contributed by atoms with Crippen molar-refractivity contribution in [2.45, 2.75) is 0 Å². The number of hydrogen-bond acceptors (Lipinski definition) is 6. The molecule has 6 nitrogen and oxygen atoms in total. The summed E-state index contributed by atoms with van der Waals surface area (Å²) in [5, 5.41) is 2.06. The predicted molar refractivity (Wildman–Crippen MR) is 197 cm³/mol. The smallest absolute Gasteiger partial charge is 0.0906 e. The molecule has 6 heterocycles. The molecule has 232 valence electrons. The molecule has 8 aromatic rings. The molecule has 6 heteroatoms. The molecule has 0 amide bonds. The van der Waals surface area contributed by atoms with E-state index in [1.807, 2.05) is 121 Å². The molecule has 8 rings (SSSR count). The molecule has 50 heavy (non-hydrogen) atoms. The van der Waals surface area contributed by atoms with Crippen LogP contribution in [-0.4, -0.2) is 29.9 Å². The molecule has 0 saturated heterocycles. The Morgan fingerprint density at radius 3 is 1.30 bits per heavy atom. The van der Waals surface area contributed by atoms with Crippen molar-refractivity contribution in [2.24, 2.45) is 0 Å². The van der Waals surface area contributed by atoms with Gasteiger partial charge in [0.25, 0.3) is 0 Å². The number of pyridine rings is 6. The van der Waals surface area contributed by atoms with E-state index in [1.165, 1.54) is 0 Å². The van der Waals surface area contributed by atoms with Crippen molar-refractivity contribution < 1.29 is 0 Å². The van der Waals surface area contributed by atoms with Crippen LogP contribution in [0.4, 0.5) is 0 Å². The summed E-state index contributed by atoms with van der Waals surface area (Å²) in [5.74, 6) is 13.5. The van der Waals surface area contributed by atoms with Crippen molar-refractivity contribution in [1.82, 2.24) is 29.9 Å². The first kappa shape index (κ1) is 30.1. The van der Waals surface area contributed by atoms with Crippen molar-refractivity contribution in [1.29, 1.82) is 0 Å². The molecule has 0 fully saturated rings. The van der Waals surface area contributed by atoms with E-state index in [2.05, 4.69) is 55.8 Å². The summed E-state index contributed by atoms with van der Waals surface area (Å²) in [4.78, 5) is 27.7. The molecule has 2 aromatic carbocycles. The Morgan fingerprint density at radius 1 is 0.300 bits per heavy atom. The fourth-order valence-corrected chi connectivity index (χ4v) is 5.57. The zero-order valence-electron chi connectivity index (χ0n) is 26.7. The molecular formula is C44H26N6. The van der Waals surface area contributed by atoms with E-state index in [4.69, 9.17) is 9.97 Å². The molecule has 0 aliphatic rings. The Kier molecular flexibility index (Phi) is 8.32. The van der Waals surface area contributed by atoms with Gasteiger partial charge in [-0.2, -0.15) is 0 Å². The van der Waals surface area contributed by atoms with E-state index in [0.717, 1.165) is 78.6 Å². The van der Waals surface area contributed by atoms with E-state index >= 15 is 0 Å². The Balaban J connectivity index is 1.12. The van der Waals surface area contributed by atoms with E-state index in [9.17, 15) is 0 Å². The molecule has 0 bridgehead atoms. The molecule has 0 unspecified atom stereocenters. The Labute approximate surface area is 289 Å². The lowest BCUT2D eigenvalue weighted by atomic mass is 9.99. The monoisotopic (exact) mass is 638 g/mol. The van der Waals surface area contributed by atoms with Crippen LogP contribution in [-0.2, 0) is 0 Å². The second kappa shape index (κ2) is 13.8. The molecule has 0 saturated carbocycles. The second-order valence-electron chi connectivity index (χ2n) is 11.3. The third kappa shape index (κ3) is 6.59. The summed E-state index contributed by atoms with van der Waals surface area (Å²) in [5.41, 5.74) is 9.64. The lowest BCUT2D eigenvalue weighted by Crippen LogP contribution is -1.94. The van der Waals surface area contributed by atoms with Gasteiger partial charge in [-0.25, -0.2) is 9.97 Å². The van der Waals surface area contributed by atoms with Crippen molar-refractivity contribution in [3.63, 3.8) is 0 Å². The zero-order chi connectivity index (χ0) is 33.5. The van der Waals surface area contributed by atoms with Crippen molar-refractivity contribution in [2.75, 3.05) is 0 Å².